The van der Waals surface area contributed by atoms with Gasteiger partial charge in [-0.15, -0.1) is 17.7 Å². The van der Waals surface area contributed by atoms with Crippen LogP contribution in [0.4, 0.5) is 13.2 Å². The SMILES string of the molecule is C=CCc1ccc(C(F)(F)F)cc1O[SiH](C)Cl. The van der Waals surface area contributed by atoms with Gasteiger partial charge in [0, 0.05) is 0 Å². The first-order chi connectivity index (χ1) is 7.84. The molecule has 1 aromatic rings. The minimum Gasteiger partial charge on any atom is -0.532 e. The van der Waals surface area contributed by atoms with E-state index in [1.54, 1.807) is 12.6 Å². The van der Waals surface area contributed by atoms with Crippen LogP contribution in [0.5, 0.6) is 5.75 Å². The zero-order valence-electron chi connectivity index (χ0n) is 9.22. The van der Waals surface area contributed by atoms with Gasteiger partial charge in [-0.1, -0.05) is 12.1 Å². The Kier molecular flexibility index (Phi) is 4.65. The quantitative estimate of drug-likeness (QED) is 0.462. The molecule has 0 bridgehead atoms. The average Bonchev–Trinajstić information content (AvgIpc) is 2.18. The molecule has 94 valence electrons. The Labute approximate surface area is 104 Å². The summed E-state index contributed by atoms with van der Waals surface area (Å²) in [6.07, 6.45) is -2.32. The predicted octanol–water partition coefficient (Wildman–Crippen LogP) is 3.90. The van der Waals surface area contributed by atoms with Gasteiger partial charge in [-0.25, -0.2) is 0 Å². The van der Waals surface area contributed by atoms with E-state index in [4.69, 9.17) is 15.5 Å². The number of hydrogen-bond donors (Lipinski definition) is 0. The molecule has 17 heavy (non-hydrogen) atoms. The van der Waals surface area contributed by atoms with E-state index in [1.807, 2.05) is 0 Å². The molecule has 1 nitrogen and oxygen atoms in total. The van der Waals surface area contributed by atoms with Gasteiger partial charge in [0.1, 0.15) is 5.75 Å². The molecule has 0 aliphatic heterocycles. The second-order valence-electron chi connectivity index (χ2n) is 3.47. The molecule has 0 saturated carbocycles. The van der Waals surface area contributed by atoms with E-state index in [0.29, 0.717) is 12.0 Å². The summed E-state index contributed by atoms with van der Waals surface area (Å²) in [6.45, 7) is 5.23. The second-order valence-corrected chi connectivity index (χ2v) is 6.64. The van der Waals surface area contributed by atoms with Crippen molar-refractivity contribution in [3.8, 4) is 5.75 Å². The lowest BCUT2D eigenvalue weighted by Gasteiger charge is -2.15. The molecule has 0 aliphatic carbocycles. The Hall–Kier alpha value is -0.943. The van der Waals surface area contributed by atoms with E-state index < -0.39 is 20.1 Å². The fraction of sp³-hybridized carbons (Fsp3) is 0.273. The standard InChI is InChI=1S/C11H12ClF3OSi/c1-3-4-8-5-6-9(11(13,14)15)7-10(8)16-17(2)12/h3,5-7,17H,1,4H2,2H3. The first-order valence-corrected chi connectivity index (χ1v) is 8.33. The monoisotopic (exact) mass is 280 g/mol. The van der Waals surface area contributed by atoms with E-state index in [9.17, 15) is 13.2 Å². The molecule has 1 rings (SSSR count). The van der Waals surface area contributed by atoms with Gasteiger partial charge < -0.3 is 4.43 Å². The molecular formula is C11H12ClF3OSi. The van der Waals surface area contributed by atoms with Crippen LogP contribution in [0.3, 0.4) is 0 Å². The van der Waals surface area contributed by atoms with Crippen molar-refractivity contribution in [2.24, 2.45) is 0 Å². The number of halogens is 4. The molecule has 6 heteroatoms. The molecule has 0 aromatic heterocycles. The number of hydrogen-bond acceptors (Lipinski definition) is 1. The first kappa shape index (κ1) is 14.1. The Bertz CT molecular complexity index is 404. The maximum Gasteiger partial charge on any atom is 0.416 e. The summed E-state index contributed by atoms with van der Waals surface area (Å²) in [5, 5.41) is 0. The van der Waals surface area contributed by atoms with Gasteiger partial charge in [0.05, 0.1) is 5.56 Å². The molecule has 0 radical (unpaired) electrons. The molecule has 0 saturated heterocycles. The van der Waals surface area contributed by atoms with Crippen molar-refractivity contribution >= 4 is 19.4 Å². The Balaban J connectivity index is 3.14. The molecule has 1 unspecified atom stereocenters. The third kappa shape index (κ3) is 4.09. The van der Waals surface area contributed by atoms with Crippen LogP contribution < -0.4 is 4.43 Å². The molecule has 0 fully saturated rings. The summed E-state index contributed by atoms with van der Waals surface area (Å²) in [6, 6.07) is 3.42. The molecule has 1 atom stereocenters. The first-order valence-electron chi connectivity index (χ1n) is 4.96. The summed E-state index contributed by atoms with van der Waals surface area (Å²) in [5.74, 6) is 0.203. The van der Waals surface area contributed by atoms with Crippen LogP contribution in [0.25, 0.3) is 0 Å². The van der Waals surface area contributed by atoms with Crippen LogP contribution >= 0.6 is 11.1 Å². The van der Waals surface area contributed by atoms with Gasteiger partial charge in [-0.05, 0) is 30.7 Å². The highest BCUT2D eigenvalue weighted by Crippen LogP contribution is 2.33. The summed E-state index contributed by atoms with van der Waals surface area (Å²) < 4.78 is 42.9. The molecule has 0 aliphatic rings. The van der Waals surface area contributed by atoms with Crippen molar-refractivity contribution in [2.75, 3.05) is 0 Å². The molecule has 0 N–H and O–H groups in total. The van der Waals surface area contributed by atoms with E-state index in [1.165, 1.54) is 6.07 Å². The summed E-state index contributed by atoms with van der Waals surface area (Å²) >= 11 is 5.76. The minimum atomic E-state index is -4.37. The molecule has 0 spiro atoms. The normalized spacial score (nSPS) is 13.2. The van der Waals surface area contributed by atoms with Gasteiger partial charge in [-0.3, -0.25) is 0 Å². The lowest BCUT2D eigenvalue weighted by molar-refractivity contribution is -0.137. The number of rotatable bonds is 4. The zero-order chi connectivity index (χ0) is 13.1. The maximum atomic E-state index is 12.5. The Morgan fingerprint density at radius 2 is 2.12 bits per heavy atom. The van der Waals surface area contributed by atoms with E-state index in [0.717, 1.165) is 12.1 Å². The lowest BCUT2D eigenvalue weighted by Crippen LogP contribution is -2.12. The van der Waals surface area contributed by atoms with Crippen LogP contribution in [0.1, 0.15) is 11.1 Å². The summed E-state index contributed by atoms with van der Waals surface area (Å²) in [5.41, 5.74) is -0.0698. The molecule has 0 amide bonds. The summed E-state index contributed by atoms with van der Waals surface area (Å²) in [4.78, 5) is 0. The topological polar surface area (TPSA) is 9.23 Å². The minimum absolute atomic E-state index is 0.203. The maximum absolute atomic E-state index is 12.5. The van der Waals surface area contributed by atoms with Crippen LogP contribution in [-0.4, -0.2) is 8.35 Å². The van der Waals surface area contributed by atoms with E-state index >= 15 is 0 Å². The van der Waals surface area contributed by atoms with Gasteiger partial charge >= 0.3 is 14.5 Å². The summed E-state index contributed by atoms with van der Waals surface area (Å²) in [7, 11) is -1.95. The highest BCUT2D eigenvalue weighted by molar-refractivity contribution is 7.02. The van der Waals surface area contributed by atoms with Crippen LogP contribution in [0.15, 0.2) is 30.9 Å². The molecular weight excluding hydrogens is 269 g/mol. The van der Waals surface area contributed by atoms with E-state index in [-0.39, 0.29) is 5.75 Å². The Morgan fingerprint density at radius 3 is 2.59 bits per heavy atom. The highest BCUT2D eigenvalue weighted by atomic mass is 35.6. The zero-order valence-corrected chi connectivity index (χ0v) is 11.1. The smallest absolute Gasteiger partial charge is 0.416 e. The van der Waals surface area contributed by atoms with Crippen molar-refractivity contribution in [1.82, 2.24) is 0 Å². The molecule has 0 heterocycles. The van der Waals surface area contributed by atoms with Gasteiger partial charge in [0.25, 0.3) is 0 Å². The van der Waals surface area contributed by atoms with Crippen LogP contribution in [-0.2, 0) is 12.6 Å². The van der Waals surface area contributed by atoms with Gasteiger partial charge in [0.2, 0.25) is 0 Å². The van der Waals surface area contributed by atoms with E-state index in [2.05, 4.69) is 6.58 Å². The largest absolute Gasteiger partial charge is 0.532 e. The van der Waals surface area contributed by atoms with Crippen molar-refractivity contribution in [2.45, 2.75) is 19.1 Å². The fourth-order valence-corrected chi connectivity index (χ4v) is 2.20. The highest BCUT2D eigenvalue weighted by Gasteiger charge is 2.31. The lowest BCUT2D eigenvalue weighted by atomic mass is 10.1. The van der Waals surface area contributed by atoms with Gasteiger partial charge in [-0.2, -0.15) is 13.2 Å². The predicted molar refractivity (Wildman–Crippen MR) is 64.8 cm³/mol. The number of alkyl halides is 3. The Morgan fingerprint density at radius 1 is 1.47 bits per heavy atom. The number of allylic oxidation sites excluding steroid dienone is 1. The van der Waals surface area contributed by atoms with Crippen LogP contribution in [0, 0.1) is 0 Å². The molecule has 1 aromatic carbocycles. The fourth-order valence-electron chi connectivity index (χ4n) is 1.34. The van der Waals surface area contributed by atoms with Crippen molar-refractivity contribution in [3.63, 3.8) is 0 Å². The average molecular weight is 281 g/mol. The van der Waals surface area contributed by atoms with Crippen molar-refractivity contribution in [3.05, 3.63) is 42.0 Å². The number of benzene rings is 1. The van der Waals surface area contributed by atoms with Crippen molar-refractivity contribution < 1.29 is 17.6 Å². The second kappa shape index (κ2) is 5.60. The third-order valence-corrected chi connectivity index (χ3v) is 2.89. The van der Waals surface area contributed by atoms with Gasteiger partial charge in [0.15, 0.2) is 0 Å². The van der Waals surface area contributed by atoms with Crippen LogP contribution in [0.2, 0.25) is 6.55 Å². The van der Waals surface area contributed by atoms with Crippen molar-refractivity contribution in [1.29, 1.82) is 0 Å². The third-order valence-electron chi connectivity index (χ3n) is 2.05.